The van der Waals surface area contributed by atoms with Crippen LogP contribution >= 0.6 is 11.8 Å². The normalized spacial score (nSPS) is 16.4. The Hall–Kier alpha value is -4.32. The van der Waals surface area contributed by atoms with Crippen molar-refractivity contribution in [3.05, 3.63) is 89.2 Å². The Balaban J connectivity index is 1.22. The van der Waals surface area contributed by atoms with Crippen LogP contribution in [0.25, 0.3) is 17.1 Å². The van der Waals surface area contributed by atoms with Gasteiger partial charge in [-0.2, -0.15) is 4.99 Å². The van der Waals surface area contributed by atoms with Gasteiger partial charge in [0.2, 0.25) is 0 Å². The lowest BCUT2D eigenvalue weighted by atomic mass is 10.0. The summed E-state index contributed by atoms with van der Waals surface area (Å²) in [5, 5.41) is 8.02. The molecule has 0 saturated carbocycles. The van der Waals surface area contributed by atoms with Gasteiger partial charge in [0.1, 0.15) is 12.1 Å². The number of rotatable bonds is 6. The molecular formula is C31H31F3N6O2S. The number of anilines is 1. The molecule has 5 rings (SSSR count). The number of ether oxygens (including phenoxy) is 1. The van der Waals surface area contributed by atoms with Crippen molar-refractivity contribution in [1.29, 1.82) is 0 Å². The number of aromatic nitrogens is 3. The van der Waals surface area contributed by atoms with Gasteiger partial charge >= 0.3 is 12.4 Å². The average molecular weight is 609 g/mol. The zero-order chi connectivity index (χ0) is 30.7. The molecular weight excluding hydrogens is 577 g/mol. The van der Waals surface area contributed by atoms with E-state index in [2.05, 4.69) is 69.9 Å². The molecule has 0 bridgehead atoms. The maximum atomic E-state index is 12.9. The summed E-state index contributed by atoms with van der Waals surface area (Å²) in [6.07, 6.45) is -2.27. The van der Waals surface area contributed by atoms with Crippen molar-refractivity contribution in [2.75, 3.05) is 10.7 Å². The molecule has 2 heterocycles. The molecule has 0 radical (unpaired) electrons. The number of thioether (sulfide) groups is 1. The van der Waals surface area contributed by atoms with Crippen LogP contribution in [0.5, 0.6) is 5.75 Å². The predicted molar refractivity (Wildman–Crippen MR) is 163 cm³/mol. The second-order valence-corrected chi connectivity index (χ2v) is 11.5. The Labute approximate surface area is 252 Å². The number of halogens is 3. The summed E-state index contributed by atoms with van der Waals surface area (Å²) in [4.78, 5) is 23.8. The lowest BCUT2D eigenvalue weighted by Gasteiger charge is -2.37. The maximum absolute atomic E-state index is 12.9. The number of nitrogens with zero attached hydrogens (tertiary/aromatic N) is 5. The van der Waals surface area contributed by atoms with E-state index < -0.39 is 12.4 Å². The van der Waals surface area contributed by atoms with Gasteiger partial charge in [-0.1, -0.05) is 53.7 Å². The van der Waals surface area contributed by atoms with Crippen molar-refractivity contribution >= 4 is 28.6 Å². The Bertz CT molecular complexity index is 1610. The number of hydrogen-bond donors (Lipinski definition) is 1. The molecule has 0 aliphatic carbocycles. The lowest BCUT2D eigenvalue weighted by Crippen LogP contribution is -2.43. The monoisotopic (exact) mass is 608 g/mol. The van der Waals surface area contributed by atoms with E-state index in [1.807, 2.05) is 24.3 Å². The van der Waals surface area contributed by atoms with Gasteiger partial charge in [-0.05, 0) is 75.1 Å². The summed E-state index contributed by atoms with van der Waals surface area (Å²) >= 11 is 1.59. The third-order valence-electron chi connectivity index (χ3n) is 6.97. The summed E-state index contributed by atoms with van der Waals surface area (Å²) in [5.74, 6) is 1.03. The van der Waals surface area contributed by atoms with Crippen LogP contribution in [0.3, 0.4) is 0 Å². The van der Waals surface area contributed by atoms with E-state index in [-0.39, 0.29) is 11.8 Å². The molecule has 8 nitrogen and oxygen atoms in total. The summed E-state index contributed by atoms with van der Waals surface area (Å²) in [5.41, 5.74) is 6.79. The van der Waals surface area contributed by atoms with Gasteiger partial charge in [-0.15, -0.1) is 18.3 Å². The number of urea groups is 1. The van der Waals surface area contributed by atoms with Gasteiger partial charge in [0.05, 0.1) is 5.69 Å². The van der Waals surface area contributed by atoms with Crippen molar-refractivity contribution in [2.24, 2.45) is 4.99 Å². The van der Waals surface area contributed by atoms with Crippen LogP contribution in [-0.2, 0) is 6.54 Å². The Morgan fingerprint density at radius 3 is 2.40 bits per heavy atom. The number of carbonyl (C=O) groups excluding carboxylic acids is 1. The molecule has 1 aromatic heterocycles. The minimum absolute atomic E-state index is 0.223. The fraction of sp³-hybridized carbons (Fsp3) is 0.290. The number of alkyl halides is 3. The van der Waals surface area contributed by atoms with E-state index >= 15 is 0 Å². The molecule has 1 unspecified atom stereocenters. The average Bonchev–Trinajstić information content (AvgIpc) is 3.43. The summed E-state index contributed by atoms with van der Waals surface area (Å²) < 4.78 is 42.6. The molecule has 1 N–H and O–H groups in total. The van der Waals surface area contributed by atoms with Gasteiger partial charge in [0.25, 0.3) is 0 Å². The molecule has 2 amide bonds. The Morgan fingerprint density at radius 2 is 1.74 bits per heavy atom. The van der Waals surface area contributed by atoms with E-state index in [4.69, 9.17) is 0 Å². The SMILES string of the molecule is Cc1cc(C)c(N2C(=NC(=O)NCc3ccc(-c4ncn(-c5ccc(OC(F)(F)F)cc5)n4)cc3)SCCC2C)c(C)c1. The number of aliphatic imine (C=N–C) groups is 1. The molecule has 1 aliphatic heterocycles. The summed E-state index contributed by atoms with van der Waals surface area (Å²) in [6, 6.07) is 16.9. The van der Waals surface area contributed by atoms with Crippen LogP contribution < -0.4 is 15.0 Å². The molecule has 4 aromatic rings. The second-order valence-electron chi connectivity index (χ2n) is 10.4. The maximum Gasteiger partial charge on any atom is 0.573 e. The molecule has 1 saturated heterocycles. The Morgan fingerprint density at radius 1 is 1.07 bits per heavy atom. The van der Waals surface area contributed by atoms with Crippen molar-refractivity contribution in [3.8, 4) is 22.8 Å². The fourth-order valence-corrected chi connectivity index (χ4v) is 6.26. The first-order valence-corrected chi connectivity index (χ1v) is 14.7. The number of hydrogen-bond acceptors (Lipinski definition) is 5. The molecule has 12 heteroatoms. The van der Waals surface area contributed by atoms with E-state index in [0.29, 0.717) is 23.2 Å². The van der Waals surface area contributed by atoms with Crippen LogP contribution in [-0.4, -0.2) is 44.1 Å². The van der Waals surface area contributed by atoms with Gasteiger partial charge in [-0.25, -0.2) is 14.5 Å². The van der Waals surface area contributed by atoms with Crippen LogP contribution in [0, 0.1) is 20.8 Å². The van der Waals surface area contributed by atoms with Crippen molar-refractivity contribution < 1.29 is 22.7 Å². The van der Waals surface area contributed by atoms with E-state index in [9.17, 15) is 18.0 Å². The number of aryl methyl sites for hydroxylation is 3. The fourth-order valence-electron chi connectivity index (χ4n) is 5.06. The zero-order valence-electron chi connectivity index (χ0n) is 24.1. The molecule has 0 spiro atoms. The first-order valence-electron chi connectivity index (χ1n) is 13.7. The third kappa shape index (κ3) is 7.37. The molecule has 43 heavy (non-hydrogen) atoms. The first-order chi connectivity index (χ1) is 20.5. The number of amidine groups is 1. The van der Waals surface area contributed by atoms with E-state index in [0.717, 1.165) is 40.1 Å². The zero-order valence-corrected chi connectivity index (χ0v) is 25.0. The largest absolute Gasteiger partial charge is 0.573 e. The smallest absolute Gasteiger partial charge is 0.406 e. The standard InChI is InChI=1S/C31H31F3N6O2S/c1-19-15-20(2)27(21(3)16-19)40-22(4)13-14-43-30(40)37-29(41)35-17-23-5-7-24(8-6-23)28-36-18-39(38-28)25-9-11-26(12-10-25)42-31(32,33)34/h5-12,15-16,18,22H,13-14,17H2,1-4H3,(H,35,41). The van der Waals surface area contributed by atoms with E-state index in [1.54, 1.807) is 11.8 Å². The topological polar surface area (TPSA) is 84.6 Å². The minimum Gasteiger partial charge on any atom is -0.406 e. The second kappa shape index (κ2) is 12.5. The molecule has 224 valence electrons. The van der Waals surface area contributed by atoms with Crippen LogP contribution in [0.4, 0.5) is 23.7 Å². The molecule has 1 aliphatic rings. The van der Waals surface area contributed by atoms with Gasteiger partial charge in [0.15, 0.2) is 11.0 Å². The highest BCUT2D eigenvalue weighted by molar-refractivity contribution is 8.14. The molecule has 1 atom stereocenters. The van der Waals surface area contributed by atoms with E-state index in [1.165, 1.54) is 40.8 Å². The van der Waals surface area contributed by atoms with Crippen molar-refractivity contribution in [2.45, 2.75) is 53.1 Å². The lowest BCUT2D eigenvalue weighted by molar-refractivity contribution is -0.274. The number of nitrogens with one attached hydrogen (secondary N) is 1. The minimum atomic E-state index is -4.75. The summed E-state index contributed by atoms with van der Waals surface area (Å²) in [6.45, 7) is 8.73. The van der Waals surface area contributed by atoms with Crippen molar-refractivity contribution in [1.82, 2.24) is 20.1 Å². The highest BCUT2D eigenvalue weighted by Crippen LogP contribution is 2.34. The van der Waals surface area contributed by atoms with Gasteiger partial charge in [-0.3, -0.25) is 0 Å². The third-order valence-corrected chi connectivity index (χ3v) is 7.96. The number of carbonyl (C=O) groups is 1. The highest BCUT2D eigenvalue weighted by atomic mass is 32.2. The number of amides is 2. The predicted octanol–water partition coefficient (Wildman–Crippen LogP) is 7.36. The first kappa shape index (κ1) is 30.1. The van der Waals surface area contributed by atoms with Crippen LogP contribution in [0.1, 0.15) is 35.6 Å². The quantitative estimate of drug-likeness (QED) is 0.246. The van der Waals surface area contributed by atoms with Gasteiger partial charge < -0.3 is 15.0 Å². The molecule has 3 aromatic carbocycles. The van der Waals surface area contributed by atoms with Crippen LogP contribution in [0.2, 0.25) is 0 Å². The van der Waals surface area contributed by atoms with Crippen molar-refractivity contribution in [3.63, 3.8) is 0 Å². The number of benzene rings is 3. The highest BCUT2D eigenvalue weighted by Gasteiger charge is 2.31. The molecule has 1 fully saturated rings. The van der Waals surface area contributed by atoms with Crippen LogP contribution in [0.15, 0.2) is 72.0 Å². The Kier molecular flexibility index (Phi) is 8.77. The summed E-state index contributed by atoms with van der Waals surface area (Å²) in [7, 11) is 0. The van der Waals surface area contributed by atoms with Gasteiger partial charge in [0, 0.05) is 29.6 Å².